The number of imidazole rings is 1. The number of halogens is 3. The highest BCUT2D eigenvalue weighted by Gasteiger charge is 2.38. The number of aryl methyl sites for hydroxylation is 1. The van der Waals surface area contributed by atoms with Gasteiger partial charge >= 0.3 is 6.18 Å². The first kappa shape index (κ1) is 28.6. The van der Waals surface area contributed by atoms with Gasteiger partial charge in [0.25, 0.3) is 5.91 Å². The normalized spacial score (nSPS) is 17.3. The number of carbonyl (C=O) groups excluding carboxylic acids is 2. The first-order valence-corrected chi connectivity index (χ1v) is 13.0. The minimum atomic E-state index is -4.74. The molecule has 4 aromatic rings. The summed E-state index contributed by atoms with van der Waals surface area (Å²) in [4.78, 5) is 33.8. The fourth-order valence-electron chi connectivity index (χ4n) is 4.76. The maximum Gasteiger partial charge on any atom is 0.435 e. The monoisotopic (exact) mass is 580 g/mol. The van der Waals surface area contributed by atoms with Crippen LogP contribution in [-0.4, -0.2) is 54.1 Å². The average Bonchev–Trinajstić information content (AvgIpc) is 3.53. The molecule has 5 rings (SSSR count). The molecule has 15 heteroatoms. The van der Waals surface area contributed by atoms with E-state index in [9.17, 15) is 22.8 Å². The number of carbonyl (C=O) groups is 2. The Morgan fingerprint density at radius 3 is 2.69 bits per heavy atom. The summed E-state index contributed by atoms with van der Waals surface area (Å²) >= 11 is 0. The van der Waals surface area contributed by atoms with Crippen LogP contribution in [0.15, 0.2) is 43.0 Å². The molecule has 42 heavy (non-hydrogen) atoms. The Morgan fingerprint density at radius 1 is 1.26 bits per heavy atom. The van der Waals surface area contributed by atoms with Crippen molar-refractivity contribution in [3.05, 3.63) is 59.8 Å². The fraction of sp³-hybridized carbons (Fsp3) is 0.333. The first-order chi connectivity index (χ1) is 19.9. The van der Waals surface area contributed by atoms with Gasteiger partial charge in [-0.1, -0.05) is 0 Å². The lowest BCUT2D eigenvalue weighted by molar-refractivity contribution is -0.141. The third-order valence-corrected chi connectivity index (χ3v) is 6.96. The summed E-state index contributed by atoms with van der Waals surface area (Å²) in [5.74, 6) is -0.434. The van der Waals surface area contributed by atoms with Gasteiger partial charge in [-0.2, -0.15) is 23.5 Å². The van der Waals surface area contributed by atoms with E-state index in [2.05, 4.69) is 31.0 Å². The number of nitrogens with zero attached hydrogens (tertiary/aromatic N) is 6. The maximum atomic E-state index is 13.7. The topological polar surface area (TPSA) is 168 Å². The number of alkyl halides is 3. The summed E-state index contributed by atoms with van der Waals surface area (Å²) < 4.78 is 43.5. The number of hydrogen-bond donors (Lipinski definition) is 4. The zero-order valence-corrected chi connectivity index (χ0v) is 22.6. The first-order valence-electron chi connectivity index (χ1n) is 13.0. The van der Waals surface area contributed by atoms with Crippen molar-refractivity contribution in [1.82, 2.24) is 34.8 Å². The maximum absolute atomic E-state index is 13.7. The number of amides is 2. The van der Waals surface area contributed by atoms with E-state index in [1.807, 2.05) is 0 Å². The number of nitriles is 1. The van der Waals surface area contributed by atoms with E-state index >= 15 is 0 Å². The zero-order valence-electron chi connectivity index (χ0n) is 22.6. The number of benzene rings is 1. The fourth-order valence-corrected chi connectivity index (χ4v) is 4.76. The molecule has 1 aliphatic rings. The van der Waals surface area contributed by atoms with Crippen molar-refractivity contribution < 1.29 is 22.8 Å². The van der Waals surface area contributed by atoms with E-state index in [1.54, 1.807) is 38.1 Å². The Labute approximate surface area is 237 Å². The van der Waals surface area contributed by atoms with Crippen LogP contribution in [0.2, 0.25) is 0 Å². The van der Waals surface area contributed by atoms with Crippen LogP contribution < -0.4 is 21.7 Å². The van der Waals surface area contributed by atoms with Crippen molar-refractivity contribution in [2.24, 2.45) is 5.73 Å². The third kappa shape index (κ3) is 5.75. The average molecular weight is 581 g/mol. The lowest BCUT2D eigenvalue weighted by atomic mass is 9.87. The Hall–Kier alpha value is -4.97. The van der Waals surface area contributed by atoms with E-state index in [0.29, 0.717) is 29.7 Å². The molecule has 1 saturated carbocycles. The van der Waals surface area contributed by atoms with Gasteiger partial charge in [0.1, 0.15) is 12.6 Å². The Bertz CT molecular complexity index is 1700. The predicted octanol–water partition coefficient (Wildman–Crippen LogP) is 2.91. The van der Waals surface area contributed by atoms with Gasteiger partial charge in [-0.3, -0.25) is 18.7 Å². The van der Waals surface area contributed by atoms with Crippen molar-refractivity contribution in [3.8, 4) is 17.3 Å². The standard InChI is InChI=1S/C27H27F3N10O2/c1-14-9-17(3-4-19(14)26(42)35-15(2)25(41)37-18-10-16(32)11-18)36-23-24-34-12-21(40(24)8-6-33-23)20-13-39(7-5-31)38-22(20)27(28,29)30/h3-4,6,8-9,12-13,15-16,18H,7,10-11,32H2,1-2H3,(H,33,36)(H,35,42)(H,37,41)/t15-,16?,18?/m1/s1. The summed E-state index contributed by atoms with van der Waals surface area (Å²) in [6.07, 6.45) is 2.00. The molecule has 1 aliphatic carbocycles. The molecule has 1 fully saturated rings. The molecular weight excluding hydrogens is 553 g/mol. The van der Waals surface area contributed by atoms with Gasteiger partial charge in [-0.05, 0) is 50.5 Å². The second-order valence-corrected chi connectivity index (χ2v) is 10.1. The van der Waals surface area contributed by atoms with Gasteiger partial charge in [0.05, 0.1) is 23.5 Å². The molecule has 0 radical (unpaired) electrons. The molecule has 3 aromatic heterocycles. The Morgan fingerprint density at radius 2 is 2.02 bits per heavy atom. The zero-order chi connectivity index (χ0) is 30.2. The molecule has 0 unspecified atom stereocenters. The molecule has 0 spiro atoms. The Balaban J connectivity index is 1.34. The van der Waals surface area contributed by atoms with Gasteiger partial charge in [0.2, 0.25) is 5.91 Å². The number of rotatable bonds is 8. The predicted molar refractivity (Wildman–Crippen MR) is 145 cm³/mol. The van der Waals surface area contributed by atoms with Crippen molar-refractivity contribution in [2.75, 3.05) is 5.32 Å². The summed E-state index contributed by atoms with van der Waals surface area (Å²) in [5.41, 5.74) is 6.30. The molecule has 0 aliphatic heterocycles. The van der Waals surface area contributed by atoms with Crippen LogP contribution in [0.1, 0.15) is 41.4 Å². The van der Waals surface area contributed by atoms with Crippen molar-refractivity contribution in [2.45, 2.75) is 57.5 Å². The number of nitrogens with two attached hydrogens (primary N) is 1. The molecule has 0 saturated heterocycles. The minimum absolute atomic E-state index is 0.0242. The minimum Gasteiger partial charge on any atom is -0.351 e. The van der Waals surface area contributed by atoms with Gasteiger partial charge in [-0.15, -0.1) is 0 Å². The van der Waals surface area contributed by atoms with Gasteiger partial charge in [0.15, 0.2) is 17.2 Å². The number of nitrogens with one attached hydrogen (secondary N) is 3. The highest BCUT2D eigenvalue weighted by atomic mass is 19.4. The van der Waals surface area contributed by atoms with Gasteiger partial charge in [-0.25, -0.2) is 9.97 Å². The highest BCUT2D eigenvalue weighted by Crippen LogP contribution is 2.37. The van der Waals surface area contributed by atoms with Crippen LogP contribution in [0.3, 0.4) is 0 Å². The van der Waals surface area contributed by atoms with Gasteiger partial charge in [0, 0.05) is 41.9 Å². The summed E-state index contributed by atoms with van der Waals surface area (Å²) in [6, 6.07) is 6.10. The SMILES string of the molecule is Cc1cc(Nc2nccn3c(-c4cn(CC#N)nc4C(F)(F)F)cnc23)ccc1C(=O)N[C@H](C)C(=O)NC1CC(N)C1. The molecule has 5 N–H and O–H groups in total. The summed E-state index contributed by atoms with van der Waals surface area (Å²) in [7, 11) is 0. The number of hydrogen-bond acceptors (Lipinski definition) is 8. The van der Waals surface area contributed by atoms with Crippen LogP contribution in [0.4, 0.5) is 24.7 Å². The lowest BCUT2D eigenvalue weighted by Crippen LogP contribution is -2.54. The summed E-state index contributed by atoms with van der Waals surface area (Å²) in [6.45, 7) is 3.00. The van der Waals surface area contributed by atoms with Crippen LogP contribution >= 0.6 is 0 Å². The number of aromatic nitrogens is 5. The Kier molecular flexibility index (Phi) is 7.57. The molecular formula is C27H27F3N10O2. The van der Waals surface area contributed by atoms with E-state index in [1.165, 1.54) is 23.0 Å². The second-order valence-electron chi connectivity index (χ2n) is 10.1. The lowest BCUT2D eigenvalue weighted by Gasteiger charge is -2.33. The molecule has 218 valence electrons. The van der Waals surface area contributed by atoms with E-state index in [-0.39, 0.29) is 47.3 Å². The molecule has 3 heterocycles. The van der Waals surface area contributed by atoms with Crippen LogP contribution in [0.5, 0.6) is 0 Å². The molecule has 0 bridgehead atoms. The quantitative estimate of drug-likeness (QED) is 0.247. The smallest absolute Gasteiger partial charge is 0.351 e. The van der Waals surface area contributed by atoms with Crippen LogP contribution in [0, 0.1) is 18.3 Å². The van der Waals surface area contributed by atoms with Crippen LogP contribution in [-0.2, 0) is 17.5 Å². The molecule has 1 atom stereocenters. The number of anilines is 2. The van der Waals surface area contributed by atoms with E-state index in [0.717, 1.165) is 10.9 Å². The molecule has 1 aromatic carbocycles. The second kappa shape index (κ2) is 11.1. The van der Waals surface area contributed by atoms with Crippen molar-refractivity contribution in [1.29, 1.82) is 5.26 Å². The van der Waals surface area contributed by atoms with Crippen LogP contribution in [0.25, 0.3) is 16.9 Å². The number of fused-ring (bicyclic) bond motifs is 1. The van der Waals surface area contributed by atoms with E-state index in [4.69, 9.17) is 11.0 Å². The molecule has 12 nitrogen and oxygen atoms in total. The van der Waals surface area contributed by atoms with Gasteiger partial charge < -0.3 is 21.7 Å². The summed E-state index contributed by atoms with van der Waals surface area (Å²) in [5, 5.41) is 21.1. The third-order valence-electron chi connectivity index (χ3n) is 6.96. The molecule has 2 amide bonds. The van der Waals surface area contributed by atoms with Crippen molar-refractivity contribution >= 4 is 29.0 Å². The van der Waals surface area contributed by atoms with Crippen molar-refractivity contribution in [3.63, 3.8) is 0 Å². The largest absolute Gasteiger partial charge is 0.435 e. The highest BCUT2D eigenvalue weighted by molar-refractivity contribution is 5.99. The van der Waals surface area contributed by atoms with E-state index < -0.39 is 23.8 Å².